The van der Waals surface area contributed by atoms with Crippen molar-refractivity contribution in [3.05, 3.63) is 70.7 Å². The number of allylic oxidation sites excluding steroid dienone is 1. The minimum absolute atomic E-state index is 0.0826. The lowest BCUT2D eigenvalue weighted by Gasteiger charge is -2.55. The monoisotopic (exact) mass is 802 g/mol. The highest BCUT2D eigenvalue weighted by Crippen LogP contribution is 2.61. The van der Waals surface area contributed by atoms with E-state index in [-0.39, 0.29) is 39.6 Å². The number of anilines is 1. The van der Waals surface area contributed by atoms with Gasteiger partial charge in [0.1, 0.15) is 17.1 Å². The molecule has 0 bridgehead atoms. The van der Waals surface area contributed by atoms with Gasteiger partial charge < -0.3 is 33.3 Å². The minimum atomic E-state index is -2.89. The van der Waals surface area contributed by atoms with Crippen LogP contribution >= 0.6 is 0 Å². The Balaban J connectivity index is 1.66. The lowest BCUT2D eigenvalue weighted by molar-refractivity contribution is -0.0524. The maximum absolute atomic E-state index is 15.7. The quantitative estimate of drug-likeness (QED) is 0.0996. The van der Waals surface area contributed by atoms with Crippen LogP contribution in [0.5, 0.6) is 11.6 Å². The molecule has 1 N–H and O–H groups in total. The maximum atomic E-state index is 15.7. The van der Waals surface area contributed by atoms with Crippen LogP contribution < -0.4 is 14.4 Å². The first-order valence-corrected chi connectivity index (χ1v) is 23.9. The molecule has 0 amide bonds. The van der Waals surface area contributed by atoms with Crippen LogP contribution in [-0.4, -0.2) is 99.5 Å². The van der Waals surface area contributed by atoms with Crippen molar-refractivity contribution in [1.82, 2.24) is 15.0 Å². The van der Waals surface area contributed by atoms with Gasteiger partial charge in [0.25, 0.3) is 5.88 Å². The molecule has 0 saturated heterocycles. The lowest BCUT2D eigenvalue weighted by Crippen LogP contribution is -2.65. The van der Waals surface area contributed by atoms with E-state index in [0.717, 1.165) is 55.5 Å². The summed E-state index contributed by atoms with van der Waals surface area (Å²) in [6.45, 7) is 25.3. The van der Waals surface area contributed by atoms with E-state index < -0.39 is 37.6 Å². The second-order valence-electron chi connectivity index (χ2n) is 18.2. The van der Waals surface area contributed by atoms with Gasteiger partial charge in [-0.05, 0) is 92.6 Å². The number of fused-ring (bicyclic) bond motifs is 6. The molecule has 12 heteroatoms. The number of hydrogen-bond acceptors (Lipinski definition) is 11. The van der Waals surface area contributed by atoms with Gasteiger partial charge in [0, 0.05) is 49.9 Å². The number of unbranched alkanes of at least 4 members (excludes halogenated alkanes) is 2. The van der Waals surface area contributed by atoms with E-state index in [4.69, 9.17) is 18.4 Å². The summed E-state index contributed by atoms with van der Waals surface area (Å²) < 4.78 is 26.3. The van der Waals surface area contributed by atoms with Crippen LogP contribution in [-0.2, 0) is 10.8 Å². The highest BCUT2D eigenvalue weighted by atomic mass is 28.4. The first kappa shape index (κ1) is 42.9. The van der Waals surface area contributed by atoms with E-state index in [2.05, 4.69) is 108 Å². The molecule has 312 valence electrons. The minimum Gasteiger partial charge on any atom is -0.508 e. The Kier molecular flexibility index (Phi) is 12.4. The Hall–Kier alpha value is -3.71. The third-order valence-electron chi connectivity index (χ3n) is 13.2. The number of aromatic nitrogens is 1. The van der Waals surface area contributed by atoms with Crippen molar-refractivity contribution >= 4 is 25.6 Å². The third kappa shape index (κ3) is 7.22. The van der Waals surface area contributed by atoms with Crippen molar-refractivity contribution in [2.24, 2.45) is 11.8 Å². The molecule has 3 aliphatic carbocycles. The van der Waals surface area contributed by atoms with Crippen LogP contribution in [0.25, 0.3) is 0 Å². The molecular formula is C45H66N4O7Si. The van der Waals surface area contributed by atoms with Gasteiger partial charge in [0.15, 0.2) is 25.5 Å². The molecule has 0 fully saturated rings. The Morgan fingerprint density at radius 1 is 1.07 bits per heavy atom. The van der Waals surface area contributed by atoms with Gasteiger partial charge in [-0.3, -0.25) is 14.5 Å². The molecule has 1 aliphatic heterocycles. The summed E-state index contributed by atoms with van der Waals surface area (Å²) >= 11 is 0. The van der Waals surface area contributed by atoms with Crippen molar-refractivity contribution < 1.29 is 33.1 Å². The normalized spacial score (nSPS) is 24.5. The number of hydrogen-bond donors (Lipinski definition) is 1. The van der Waals surface area contributed by atoms with Gasteiger partial charge in [-0.1, -0.05) is 59.6 Å². The van der Waals surface area contributed by atoms with E-state index in [1.165, 1.54) is 0 Å². The average molecular weight is 803 g/mol. The molecule has 11 nitrogen and oxygen atoms in total. The Morgan fingerprint density at radius 3 is 2.32 bits per heavy atom. The van der Waals surface area contributed by atoms with E-state index in [1.807, 2.05) is 12.2 Å². The SMILES string of the molecule is C=CCN(CC=C)[C@@H]1c2onc(OCCCC)c2C(=O)[C@@]2(O[Si](C)(C)C(C)(C)C)C(O)=C3C(=O)c4c(OCCCC)cc5c(c4C[C@H]3C[C@@H]12)N(C)CCC5N(C)C. The molecule has 6 rings (SSSR count). The van der Waals surface area contributed by atoms with E-state index in [1.54, 1.807) is 0 Å². The second kappa shape index (κ2) is 16.5. The lowest BCUT2D eigenvalue weighted by atomic mass is 9.58. The van der Waals surface area contributed by atoms with Gasteiger partial charge in [0.05, 0.1) is 24.8 Å². The Labute approximate surface area is 341 Å². The fraction of sp³-hybridized carbons (Fsp3) is 0.622. The Bertz CT molecular complexity index is 1900. The number of nitrogens with zero attached hydrogens (tertiary/aromatic N) is 4. The number of carbonyl (C=O) groups is 2. The largest absolute Gasteiger partial charge is 0.508 e. The van der Waals surface area contributed by atoms with Crippen LogP contribution in [0.3, 0.4) is 0 Å². The van der Waals surface area contributed by atoms with Crippen LogP contribution in [0.15, 0.2) is 47.2 Å². The Morgan fingerprint density at radius 2 is 1.72 bits per heavy atom. The molecule has 1 aromatic heterocycles. The molecule has 2 aromatic rings. The number of ketones is 2. The first-order chi connectivity index (χ1) is 27.0. The van der Waals surface area contributed by atoms with Crippen molar-refractivity contribution in [3.8, 4) is 11.6 Å². The fourth-order valence-corrected chi connectivity index (χ4v) is 10.8. The summed E-state index contributed by atoms with van der Waals surface area (Å²) in [6, 6.07) is 1.62. The summed E-state index contributed by atoms with van der Waals surface area (Å²) in [4.78, 5) is 37.9. The maximum Gasteiger partial charge on any atom is 0.265 e. The van der Waals surface area contributed by atoms with Crippen LogP contribution in [0, 0.1) is 11.8 Å². The number of rotatable bonds is 16. The number of benzene rings is 1. The molecular weight excluding hydrogens is 737 g/mol. The zero-order chi connectivity index (χ0) is 41.6. The summed E-state index contributed by atoms with van der Waals surface area (Å²) in [5, 5.41) is 17.2. The summed E-state index contributed by atoms with van der Waals surface area (Å²) in [7, 11) is 3.40. The van der Waals surface area contributed by atoms with Crippen LogP contribution in [0.1, 0.15) is 123 Å². The second-order valence-corrected chi connectivity index (χ2v) is 22.9. The van der Waals surface area contributed by atoms with E-state index in [0.29, 0.717) is 56.2 Å². The standard InChI is InChI=1S/C45H66N4O7Si/c1-13-17-23-53-33-27-29-32(47(8)9)19-22-48(10)37(29)30-25-28-26-31-38(49(20-15-3)21-16-4)40-36(43(46-55-40)54-24-18-14-2)42(52)45(31,56-57(11,12)44(5,6)7)41(51)34(28)39(50)35(30)33/h15-16,27-28,31-32,38,51H,3-4,13-14,17-26H2,1-2,5-12H3/t28-,31-,32?,38-,45-/m0/s1. The smallest absolute Gasteiger partial charge is 0.265 e. The van der Waals surface area contributed by atoms with Gasteiger partial charge in [-0.15, -0.1) is 13.2 Å². The highest BCUT2D eigenvalue weighted by molar-refractivity contribution is 6.74. The van der Waals surface area contributed by atoms with Gasteiger partial charge in [-0.2, -0.15) is 0 Å². The predicted octanol–water partition coefficient (Wildman–Crippen LogP) is 9.03. The highest BCUT2D eigenvalue weighted by Gasteiger charge is 2.67. The van der Waals surface area contributed by atoms with Gasteiger partial charge in [0.2, 0.25) is 5.78 Å². The summed E-state index contributed by atoms with van der Waals surface area (Å²) in [5.74, 6) is -1.16. The van der Waals surface area contributed by atoms with Crippen molar-refractivity contribution in [2.45, 2.75) is 115 Å². The topological polar surface area (TPSA) is 118 Å². The summed E-state index contributed by atoms with van der Waals surface area (Å²) in [6.07, 6.45) is 8.88. The molecule has 1 unspecified atom stereocenters. The zero-order valence-electron chi connectivity index (χ0n) is 36.1. The van der Waals surface area contributed by atoms with Crippen molar-refractivity contribution in [1.29, 1.82) is 0 Å². The molecule has 0 spiro atoms. The van der Waals surface area contributed by atoms with Gasteiger partial charge >= 0.3 is 0 Å². The summed E-state index contributed by atoms with van der Waals surface area (Å²) in [5.41, 5.74) is 2.10. The zero-order valence-corrected chi connectivity index (χ0v) is 37.1. The number of carbonyl (C=O) groups excluding carboxylic acids is 2. The molecule has 0 saturated carbocycles. The van der Waals surface area contributed by atoms with Crippen molar-refractivity contribution in [2.75, 3.05) is 58.9 Å². The predicted molar refractivity (Wildman–Crippen MR) is 227 cm³/mol. The number of aliphatic hydroxyl groups is 1. The number of ether oxygens (including phenoxy) is 2. The van der Waals surface area contributed by atoms with E-state index in [9.17, 15) is 5.11 Å². The molecule has 0 radical (unpaired) electrons. The molecule has 2 heterocycles. The molecule has 1 aromatic carbocycles. The fourth-order valence-electron chi connectivity index (χ4n) is 9.34. The first-order valence-electron chi connectivity index (χ1n) is 21.0. The average Bonchev–Trinajstić information content (AvgIpc) is 3.55. The number of aliphatic hydroxyl groups excluding tert-OH is 1. The van der Waals surface area contributed by atoms with Crippen LogP contribution in [0.4, 0.5) is 5.69 Å². The third-order valence-corrected chi connectivity index (χ3v) is 17.7. The van der Waals surface area contributed by atoms with Gasteiger partial charge in [-0.25, -0.2) is 0 Å². The number of Topliss-reactive ketones (excluding diaryl/α,β-unsaturated/α-hetero) is 2. The van der Waals surface area contributed by atoms with Crippen LogP contribution in [0.2, 0.25) is 18.1 Å². The van der Waals surface area contributed by atoms with Crippen molar-refractivity contribution in [3.63, 3.8) is 0 Å². The molecule has 57 heavy (non-hydrogen) atoms. The molecule has 4 aliphatic rings. The molecule has 5 atom stereocenters. The van der Waals surface area contributed by atoms with E-state index >= 15 is 9.59 Å².